The molecule has 0 radical (unpaired) electrons. The molecular weight excluding hydrogens is 558 g/mol. The van der Waals surface area contributed by atoms with E-state index in [-0.39, 0.29) is 23.0 Å². The van der Waals surface area contributed by atoms with Gasteiger partial charge in [-0.05, 0) is 42.0 Å². The van der Waals surface area contributed by atoms with Crippen molar-refractivity contribution in [2.45, 2.75) is 24.9 Å². The van der Waals surface area contributed by atoms with Gasteiger partial charge in [0.2, 0.25) is 5.91 Å². The van der Waals surface area contributed by atoms with E-state index in [0.29, 0.717) is 20.5 Å². The summed E-state index contributed by atoms with van der Waals surface area (Å²) in [5.41, 5.74) is 3.08. The summed E-state index contributed by atoms with van der Waals surface area (Å²) in [5.74, 6) is -1.19. The number of primary amides is 1. The first-order valence-electron chi connectivity index (χ1n) is 10.9. The molecule has 2 aromatic carbocycles. The van der Waals surface area contributed by atoms with Crippen LogP contribution in [0.3, 0.4) is 0 Å². The Morgan fingerprint density at radius 1 is 1.08 bits per heavy atom. The first-order valence-corrected chi connectivity index (χ1v) is 11.2. The summed E-state index contributed by atoms with van der Waals surface area (Å²) in [6, 6.07) is 7.32. The predicted octanol–water partition coefficient (Wildman–Crippen LogP) is 3.94. The summed E-state index contributed by atoms with van der Waals surface area (Å²) < 4.78 is 79.0. The van der Waals surface area contributed by atoms with Gasteiger partial charge in [-0.3, -0.25) is 4.79 Å². The number of urea groups is 1. The topological polar surface area (TPSA) is 124 Å². The third-order valence-corrected chi connectivity index (χ3v) is 5.36. The van der Waals surface area contributed by atoms with Crippen molar-refractivity contribution >= 4 is 29.7 Å². The van der Waals surface area contributed by atoms with Gasteiger partial charge >= 0.3 is 24.1 Å². The number of hydrogen-bond donors (Lipinski definition) is 3. The average molecular weight is 577 g/mol. The van der Waals surface area contributed by atoms with E-state index in [9.17, 15) is 40.7 Å². The highest BCUT2D eigenvalue weighted by Crippen LogP contribution is 2.30. The van der Waals surface area contributed by atoms with E-state index in [4.69, 9.17) is 17.3 Å². The highest BCUT2D eigenvalue weighted by molar-refractivity contribution is 6.30. The van der Waals surface area contributed by atoms with Crippen LogP contribution in [0.25, 0.3) is 17.6 Å². The molecule has 0 fully saturated rings. The normalized spacial score (nSPS) is 12.9. The molecule has 1 heterocycles. The Morgan fingerprint density at radius 3 is 2.33 bits per heavy atom. The fourth-order valence-electron chi connectivity index (χ4n) is 3.38. The van der Waals surface area contributed by atoms with Crippen LogP contribution in [0.1, 0.15) is 17.2 Å². The smallest absolute Gasteiger partial charge is 0.352 e. The van der Waals surface area contributed by atoms with E-state index < -0.39 is 54.7 Å². The summed E-state index contributed by atoms with van der Waals surface area (Å²) in [7, 11) is 0. The Hall–Kier alpha value is -4.27. The first-order chi connectivity index (χ1) is 18.1. The minimum absolute atomic E-state index is 0.0419. The number of halogens is 7. The minimum atomic E-state index is -4.76. The Kier molecular flexibility index (Phi) is 8.74. The highest BCUT2D eigenvalue weighted by atomic mass is 35.5. The number of benzene rings is 2. The first kappa shape index (κ1) is 29.3. The molecule has 0 bridgehead atoms. The van der Waals surface area contributed by atoms with Gasteiger partial charge in [0.15, 0.2) is 5.82 Å². The van der Waals surface area contributed by atoms with Crippen LogP contribution in [0.4, 0.5) is 31.1 Å². The summed E-state index contributed by atoms with van der Waals surface area (Å²) in [5, 5.41) is 8.82. The molecule has 3 amide bonds. The fourth-order valence-corrected chi connectivity index (χ4v) is 3.50. The van der Waals surface area contributed by atoms with E-state index >= 15 is 0 Å². The monoisotopic (exact) mass is 576 g/mol. The molecule has 0 aliphatic rings. The van der Waals surface area contributed by atoms with Crippen molar-refractivity contribution in [3.63, 3.8) is 0 Å². The van der Waals surface area contributed by atoms with Crippen LogP contribution in [0.5, 0.6) is 0 Å². The van der Waals surface area contributed by atoms with Gasteiger partial charge in [-0.15, -0.1) is 5.10 Å². The molecule has 1 aromatic heterocycles. The second kappa shape index (κ2) is 11.6. The highest BCUT2D eigenvalue weighted by Gasteiger charge is 2.31. The van der Waals surface area contributed by atoms with Gasteiger partial charge in [0, 0.05) is 29.4 Å². The number of nitrogens with two attached hydrogens (primary N) is 1. The number of carbonyl (C=O) groups is 2. The van der Waals surface area contributed by atoms with Crippen LogP contribution in [0.15, 0.2) is 59.4 Å². The molecular formula is C23H19ClF6N6O3. The van der Waals surface area contributed by atoms with Crippen molar-refractivity contribution in [3.05, 3.63) is 81.2 Å². The Balaban J connectivity index is 1.93. The third-order valence-electron chi connectivity index (χ3n) is 5.11. The summed E-state index contributed by atoms with van der Waals surface area (Å²) >= 11 is 5.84. The van der Waals surface area contributed by atoms with Gasteiger partial charge in [-0.2, -0.15) is 26.3 Å². The predicted molar refractivity (Wildman–Crippen MR) is 128 cm³/mol. The van der Waals surface area contributed by atoms with Crippen molar-refractivity contribution in [1.82, 2.24) is 25.0 Å². The molecule has 208 valence electrons. The summed E-state index contributed by atoms with van der Waals surface area (Å²) in [4.78, 5) is 36.8. The van der Waals surface area contributed by atoms with Crippen LogP contribution >= 0.6 is 11.6 Å². The number of nitrogens with one attached hydrogen (secondary N) is 2. The van der Waals surface area contributed by atoms with Crippen molar-refractivity contribution < 1.29 is 35.9 Å². The molecule has 0 aliphatic heterocycles. The van der Waals surface area contributed by atoms with Crippen molar-refractivity contribution in [3.8, 4) is 11.4 Å². The Bertz CT molecular complexity index is 1430. The lowest BCUT2D eigenvalue weighted by Crippen LogP contribution is -2.41. The molecule has 16 heteroatoms. The number of aromatic nitrogens is 3. The van der Waals surface area contributed by atoms with E-state index in [1.54, 1.807) is 0 Å². The van der Waals surface area contributed by atoms with Crippen molar-refractivity contribution in [2.24, 2.45) is 5.73 Å². The van der Waals surface area contributed by atoms with Gasteiger partial charge in [-0.25, -0.2) is 18.8 Å². The molecule has 0 aliphatic carbocycles. The lowest BCUT2D eigenvalue weighted by Gasteiger charge is -2.20. The van der Waals surface area contributed by atoms with Crippen molar-refractivity contribution in [1.29, 1.82) is 0 Å². The SMILES string of the molecule is NC(=O)NCC(NC(=O)Cn1nc(-c2ccc(Cl)cc2)n(C=CC(F)(F)F)c1=O)c1cccc(C(F)(F)F)c1. The lowest BCUT2D eigenvalue weighted by molar-refractivity contribution is -0.137. The number of hydrogen-bond acceptors (Lipinski definition) is 4. The maximum Gasteiger partial charge on any atom is 0.416 e. The molecule has 3 aromatic rings. The summed E-state index contributed by atoms with van der Waals surface area (Å²) in [6.07, 6.45) is -9.21. The maximum atomic E-state index is 13.2. The average Bonchev–Trinajstić information content (AvgIpc) is 3.14. The van der Waals surface area contributed by atoms with Crippen LogP contribution in [-0.2, 0) is 17.5 Å². The Labute approximate surface area is 220 Å². The largest absolute Gasteiger partial charge is 0.416 e. The second-order valence-corrected chi connectivity index (χ2v) is 8.42. The van der Waals surface area contributed by atoms with Gasteiger partial charge in [0.25, 0.3) is 0 Å². The molecule has 0 saturated carbocycles. The Morgan fingerprint density at radius 2 is 1.74 bits per heavy atom. The van der Waals surface area contributed by atoms with Gasteiger partial charge in [-0.1, -0.05) is 23.7 Å². The summed E-state index contributed by atoms with van der Waals surface area (Å²) in [6.45, 7) is -1.23. The van der Waals surface area contributed by atoms with E-state index in [1.165, 1.54) is 30.3 Å². The van der Waals surface area contributed by atoms with Crippen LogP contribution < -0.4 is 22.1 Å². The molecule has 0 spiro atoms. The molecule has 9 nitrogen and oxygen atoms in total. The molecule has 39 heavy (non-hydrogen) atoms. The number of allylic oxidation sites excluding steroid dienone is 1. The molecule has 1 unspecified atom stereocenters. The van der Waals surface area contributed by atoms with Crippen LogP contribution in [0, 0.1) is 0 Å². The fraction of sp³-hybridized carbons (Fsp3) is 0.217. The third kappa shape index (κ3) is 8.10. The zero-order chi connectivity index (χ0) is 29.0. The van der Waals surface area contributed by atoms with E-state index in [1.807, 2.05) is 0 Å². The zero-order valence-electron chi connectivity index (χ0n) is 19.6. The number of nitrogens with zero attached hydrogens (tertiary/aromatic N) is 3. The number of alkyl halides is 6. The van der Waals surface area contributed by atoms with Gasteiger partial charge < -0.3 is 16.4 Å². The van der Waals surface area contributed by atoms with Crippen LogP contribution in [-0.4, -0.2) is 39.0 Å². The quantitative estimate of drug-likeness (QED) is 0.351. The molecule has 1 atom stereocenters. The zero-order valence-corrected chi connectivity index (χ0v) is 20.3. The van der Waals surface area contributed by atoms with Crippen LogP contribution in [0.2, 0.25) is 5.02 Å². The van der Waals surface area contributed by atoms with Gasteiger partial charge in [0.1, 0.15) is 6.54 Å². The number of carbonyl (C=O) groups excluding carboxylic acids is 2. The minimum Gasteiger partial charge on any atom is -0.352 e. The second-order valence-electron chi connectivity index (χ2n) is 7.99. The molecule has 0 saturated heterocycles. The van der Waals surface area contributed by atoms with Crippen molar-refractivity contribution in [2.75, 3.05) is 6.54 Å². The maximum absolute atomic E-state index is 13.2. The molecule has 3 rings (SSSR count). The number of amides is 3. The lowest BCUT2D eigenvalue weighted by atomic mass is 10.0. The van der Waals surface area contributed by atoms with Gasteiger partial charge in [0.05, 0.1) is 11.6 Å². The number of rotatable bonds is 8. The van der Waals surface area contributed by atoms with E-state index in [2.05, 4.69) is 15.7 Å². The van der Waals surface area contributed by atoms with E-state index in [0.717, 1.165) is 18.2 Å². The standard InChI is InChI=1S/C23H19ClF6N6O3/c24-16-6-4-13(5-7-16)19-34-36(21(39)35(19)9-8-22(25,26)27)12-18(37)33-17(11-32-20(31)38)14-2-1-3-15(10-14)23(28,29)30/h1-10,17H,11-12H2,(H,33,37)(H3,31,32,38). The molecule has 4 N–H and O–H groups in total.